The molecule has 0 saturated carbocycles. The molecule has 0 bridgehead atoms. The van der Waals surface area contributed by atoms with Gasteiger partial charge in [0, 0.05) is 18.3 Å². The van der Waals surface area contributed by atoms with Crippen molar-refractivity contribution in [3.63, 3.8) is 0 Å². The quantitative estimate of drug-likeness (QED) is 0.843. The van der Waals surface area contributed by atoms with Gasteiger partial charge in [0.15, 0.2) is 0 Å². The second kappa shape index (κ2) is 4.21. The zero-order chi connectivity index (χ0) is 11.7. The van der Waals surface area contributed by atoms with Gasteiger partial charge in [-0.25, -0.2) is 9.97 Å². The molecule has 0 amide bonds. The van der Waals surface area contributed by atoms with Crippen LogP contribution in [-0.4, -0.2) is 33.2 Å². The largest absolute Gasteiger partial charge is 0.339 e. The van der Waals surface area contributed by atoms with Crippen LogP contribution in [-0.2, 0) is 0 Å². The number of hydrogen-bond donors (Lipinski definition) is 1. The normalized spacial score (nSPS) is 17.7. The Morgan fingerprint density at radius 3 is 2.71 bits per heavy atom. The van der Waals surface area contributed by atoms with Crippen molar-refractivity contribution >= 4 is 0 Å². The molecule has 3 rings (SSSR count). The van der Waals surface area contributed by atoms with Crippen LogP contribution in [0.1, 0.15) is 18.7 Å². The highest BCUT2D eigenvalue weighted by Crippen LogP contribution is 2.26. The van der Waals surface area contributed by atoms with E-state index in [1.54, 1.807) is 18.5 Å². The van der Waals surface area contributed by atoms with Gasteiger partial charge in [0.1, 0.15) is 0 Å². The fourth-order valence-corrected chi connectivity index (χ4v) is 1.79. The first-order valence-corrected chi connectivity index (χ1v) is 5.66. The van der Waals surface area contributed by atoms with E-state index in [0.717, 1.165) is 13.1 Å². The van der Waals surface area contributed by atoms with Gasteiger partial charge in [-0.1, -0.05) is 12.1 Å². The van der Waals surface area contributed by atoms with Crippen LogP contribution in [0.4, 0.5) is 0 Å². The molecule has 6 heteroatoms. The third-order valence-corrected chi connectivity index (χ3v) is 3.12. The molecule has 2 aromatic rings. The summed E-state index contributed by atoms with van der Waals surface area (Å²) >= 11 is 0. The van der Waals surface area contributed by atoms with Crippen LogP contribution in [0.25, 0.3) is 11.6 Å². The molecule has 0 radical (unpaired) electrons. The van der Waals surface area contributed by atoms with Crippen molar-refractivity contribution in [3.05, 3.63) is 24.4 Å². The van der Waals surface area contributed by atoms with Gasteiger partial charge >= 0.3 is 0 Å². The fraction of sp³-hybridized carbons (Fsp3) is 0.455. The lowest BCUT2D eigenvalue weighted by molar-refractivity contribution is 0.252. The van der Waals surface area contributed by atoms with Gasteiger partial charge in [-0.05, 0) is 25.1 Å². The van der Waals surface area contributed by atoms with E-state index in [9.17, 15) is 0 Å². The lowest BCUT2D eigenvalue weighted by atomic mass is 9.89. The van der Waals surface area contributed by atoms with Gasteiger partial charge in [0.2, 0.25) is 17.5 Å². The minimum absolute atomic E-state index is 0.279. The molecule has 0 spiro atoms. The van der Waals surface area contributed by atoms with E-state index in [-0.39, 0.29) is 5.92 Å². The van der Waals surface area contributed by atoms with E-state index in [0.29, 0.717) is 23.5 Å². The second-order valence-electron chi connectivity index (χ2n) is 4.24. The van der Waals surface area contributed by atoms with E-state index < -0.39 is 0 Å². The summed E-state index contributed by atoms with van der Waals surface area (Å²) in [5.74, 6) is 2.49. The van der Waals surface area contributed by atoms with E-state index in [2.05, 4.69) is 32.3 Å². The number of hydrogen-bond acceptors (Lipinski definition) is 6. The Hall–Kier alpha value is -1.82. The maximum atomic E-state index is 5.27. The minimum Gasteiger partial charge on any atom is -0.339 e. The van der Waals surface area contributed by atoms with Crippen molar-refractivity contribution in [1.29, 1.82) is 0 Å². The average molecular weight is 231 g/mol. The zero-order valence-electron chi connectivity index (χ0n) is 9.50. The highest BCUT2D eigenvalue weighted by molar-refractivity contribution is 5.40. The Bertz CT molecular complexity index is 494. The van der Waals surface area contributed by atoms with Crippen molar-refractivity contribution in [2.45, 2.75) is 12.8 Å². The van der Waals surface area contributed by atoms with E-state index in [4.69, 9.17) is 4.52 Å². The average Bonchev–Trinajstić information content (AvgIpc) is 2.77. The molecule has 1 fully saturated rings. The van der Waals surface area contributed by atoms with Crippen molar-refractivity contribution in [2.24, 2.45) is 5.92 Å². The van der Waals surface area contributed by atoms with E-state index in [1.807, 2.05) is 0 Å². The van der Waals surface area contributed by atoms with Crippen LogP contribution in [0.3, 0.4) is 0 Å². The molecule has 88 valence electrons. The summed E-state index contributed by atoms with van der Waals surface area (Å²) in [6, 6.07) is 1.76. The Kier molecular flexibility index (Phi) is 2.56. The fourth-order valence-electron chi connectivity index (χ4n) is 1.79. The Morgan fingerprint density at radius 2 is 2.06 bits per heavy atom. The molecule has 1 saturated heterocycles. The molecule has 1 atom stereocenters. The highest BCUT2D eigenvalue weighted by Gasteiger charge is 2.29. The van der Waals surface area contributed by atoms with Gasteiger partial charge in [-0.2, -0.15) is 4.98 Å². The molecule has 3 heterocycles. The molecule has 1 unspecified atom stereocenters. The molecular formula is C11H13N5O. The topological polar surface area (TPSA) is 76.7 Å². The predicted octanol–water partition coefficient (Wildman–Crippen LogP) is 0.849. The predicted molar refractivity (Wildman–Crippen MR) is 60.1 cm³/mol. The SMILES string of the molecule is CC(c1nc(-c2ncccn2)no1)C1CNC1. The van der Waals surface area contributed by atoms with Crippen LogP contribution in [0.15, 0.2) is 23.0 Å². The monoisotopic (exact) mass is 231 g/mol. The molecule has 0 aliphatic carbocycles. The minimum atomic E-state index is 0.279. The molecule has 1 N–H and O–H groups in total. The standard InChI is InChI=1S/C11H13N5O/c1-7(8-5-12-6-8)11-15-10(16-17-11)9-13-3-2-4-14-9/h2-4,7-8,12H,5-6H2,1H3. The summed E-state index contributed by atoms with van der Waals surface area (Å²) in [7, 11) is 0. The smallest absolute Gasteiger partial charge is 0.240 e. The van der Waals surface area contributed by atoms with Crippen molar-refractivity contribution in [1.82, 2.24) is 25.4 Å². The molecule has 6 nitrogen and oxygen atoms in total. The van der Waals surface area contributed by atoms with Gasteiger partial charge < -0.3 is 9.84 Å². The second-order valence-corrected chi connectivity index (χ2v) is 4.24. The molecule has 0 aromatic carbocycles. The Morgan fingerprint density at radius 1 is 1.29 bits per heavy atom. The molecule has 2 aromatic heterocycles. The van der Waals surface area contributed by atoms with Gasteiger partial charge in [0.25, 0.3) is 0 Å². The summed E-state index contributed by atoms with van der Waals surface area (Å²) in [6.07, 6.45) is 3.33. The summed E-state index contributed by atoms with van der Waals surface area (Å²) in [6.45, 7) is 4.14. The molecule has 1 aliphatic heterocycles. The lowest BCUT2D eigenvalue weighted by Crippen LogP contribution is -2.44. The number of nitrogens with one attached hydrogen (secondary N) is 1. The first-order valence-electron chi connectivity index (χ1n) is 5.66. The third-order valence-electron chi connectivity index (χ3n) is 3.12. The number of rotatable bonds is 3. The number of nitrogens with zero attached hydrogens (tertiary/aromatic N) is 4. The van der Waals surface area contributed by atoms with Crippen molar-refractivity contribution < 1.29 is 4.52 Å². The molecular weight excluding hydrogens is 218 g/mol. The van der Waals surface area contributed by atoms with E-state index in [1.165, 1.54) is 0 Å². The maximum Gasteiger partial charge on any atom is 0.240 e. The van der Waals surface area contributed by atoms with Gasteiger partial charge in [-0.3, -0.25) is 0 Å². The van der Waals surface area contributed by atoms with Crippen LogP contribution in [0, 0.1) is 5.92 Å². The van der Waals surface area contributed by atoms with Crippen LogP contribution in [0.2, 0.25) is 0 Å². The number of aromatic nitrogens is 4. The molecule has 1 aliphatic rings. The van der Waals surface area contributed by atoms with Gasteiger partial charge in [-0.15, -0.1) is 0 Å². The molecule has 17 heavy (non-hydrogen) atoms. The summed E-state index contributed by atoms with van der Waals surface area (Å²) in [5, 5.41) is 7.15. The first-order chi connectivity index (χ1) is 8.34. The van der Waals surface area contributed by atoms with Crippen LogP contribution < -0.4 is 5.32 Å². The van der Waals surface area contributed by atoms with Crippen LogP contribution in [0.5, 0.6) is 0 Å². The summed E-state index contributed by atoms with van der Waals surface area (Å²) < 4.78 is 5.27. The van der Waals surface area contributed by atoms with Crippen molar-refractivity contribution in [2.75, 3.05) is 13.1 Å². The van der Waals surface area contributed by atoms with E-state index >= 15 is 0 Å². The Balaban J connectivity index is 1.82. The lowest BCUT2D eigenvalue weighted by Gasteiger charge is -2.30. The van der Waals surface area contributed by atoms with Crippen LogP contribution >= 0.6 is 0 Å². The zero-order valence-corrected chi connectivity index (χ0v) is 9.50. The maximum absolute atomic E-state index is 5.27. The Labute approximate surface area is 98.5 Å². The summed E-state index contributed by atoms with van der Waals surface area (Å²) in [5.41, 5.74) is 0. The first kappa shape index (κ1) is 10.3. The van der Waals surface area contributed by atoms with Gasteiger partial charge in [0.05, 0.1) is 0 Å². The van der Waals surface area contributed by atoms with Crippen molar-refractivity contribution in [3.8, 4) is 11.6 Å². The highest BCUT2D eigenvalue weighted by atomic mass is 16.5. The third kappa shape index (κ3) is 1.91. The summed E-state index contributed by atoms with van der Waals surface area (Å²) in [4.78, 5) is 12.5.